The van der Waals surface area contributed by atoms with Gasteiger partial charge in [-0.25, -0.2) is 5.48 Å². The predicted molar refractivity (Wildman–Crippen MR) is 37.6 cm³/mol. The fourth-order valence-electron chi connectivity index (χ4n) is 0.753. The average Bonchev–Trinajstić information content (AvgIpc) is 2.01. The number of hydrogen-bond donors (Lipinski definition) is 2. The van der Waals surface area contributed by atoms with Crippen molar-refractivity contribution in [3.63, 3.8) is 0 Å². The van der Waals surface area contributed by atoms with Crippen molar-refractivity contribution in [3.8, 4) is 0 Å². The lowest BCUT2D eigenvalue weighted by molar-refractivity contribution is 0.0142. The topological polar surface area (TPSA) is 42.5 Å². The van der Waals surface area contributed by atoms with E-state index in [4.69, 9.17) is 9.57 Å². The molecule has 60 valence electrons. The van der Waals surface area contributed by atoms with Gasteiger partial charge in [0, 0.05) is 19.6 Å². The number of hydrogen-bond acceptors (Lipinski definition) is 4. The first-order valence-corrected chi connectivity index (χ1v) is 3.63. The minimum absolute atomic E-state index is 0.722. The molecule has 0 aromatic rings. The van der Waals surface area contributed by atoms with Crippen LogP contribution in [0.1, 0.15) is 0 Å². The molecule has 4 heteroatoms. The molecule has 0 unspecified atom stereocenters. The van der Waals surface area contributed by atoms with E-state index in [-0.39, 0.29) is 0 Å². The van der Waals surface area contributed by atoms with Crippen LogP contribution in [0.3, 0.4) is 0 Å². The molecule has 0 aliphatic carbocycles. The third-order valence-corrected chi connectivity index (χ3v) is 1.25. The van der Waals surface area contributed by atoms with Gasteiger partial charge >= 0.3 is 0 Å². The van der Waals surface area contributed by atoms with Gasteiger partial charge in [0.25, 0.3) is 0 Å². The summed E-state index contributed by atoms with van der Waals surface area (Å²) in [5.74, 6) is 0. The van der Waals surface area contributed by atoms with E-state index in [1.54, 1.807) is 0 Å². The maximum absolute atomic E-state index is 5.20. The minimum atomic E-state index is 0.722. The van der Waals surface area contributed by atoms with Gasteiger partial charge in [0.1, 0.15) is 0 Å². The Kier molecular flexibility index (Phi) is 4.46. The smallest absolute Gasteiger partial charge is 0.0806 e. The molecule has 0 radical (unpaired) electrons. The van der Waals surface area contributed by atoms with Gasteiger partial charge < -0.3 is 14.9 Å². The molecular formula is C6H14N2O2. The van der Waals surface area contributed by atoms with Crippen molar-refractivity contribution in [3.05, 3.63) is 0 Å². The number of rotatable bonds is 0. The fraction of sp³-hybridized carbons (Fsp3) is 1.00. The van der Waals surface area contributed by atoms with Gasteiger partial charge in [0.05, 0.1) is 19.8 Å². The third kappa shape index (κ3) is 3.79. The SMILES string of the molecule is C1COCCNOCCN1. The lowest BCUT2D eigenvalue weighted by atomic mass is 10.6. The summed E-state index contributed by atoms with van der Waals surface area (Å²) in [6, 6.07) is 0. The summed E-state index contributed by atoms with van der Waals surface area (Å²) >= 11 is 0. The Morgan fingerprint density at radius 2 is 1.70 bits per heavy atom. The van der Waals surface area contributed by atoms with Crippen LogP contribution >= 0.6 is 0 Å². The van der Waals surface area contributed by atoms with Crippen molar-refractivity contribution in [1.82, 2.24) is 10.8 Å². The van der Waals surface area contributed by atoms with E-state index in [0.717, 1.165) is 39.5 Å². The van der Waals surface area contributed by atoms with Gasteiger partial charge in [0.15, 0.2) is 0 Å². The van der Waals surface area contributed by atoms with Crippen molar-refractivity contribution in [2.75, 3.05) is 39.5 Å². The first-order chi connectivity index (χ1) is 5.00. The summed E-state index contributed by atoms with van der Waals surface area (Å²) in [6.07, 6.45) is 0. The van der Waals surface area contributed by atoms with Crippen LogP contribution in [-0.2, 0) is 9.57 Å². The average molecular weight is 146 g/mol. The Bertz CT molecular complexity index is 46.9. The zero-order valence-corrected chi connectivity index (χ0v) is 6.06. The van der Waals surface area contributed by atoms with Gasteiger partial charge in [-0.05, 0) is 0 Å². The number of hydroxylamine groups is 1. The van der Waals surface area contributed by atoms with Crippen LogP contribution in [-0.4, -0.2) is 39.5 Å². The van der Waals surface area contributed by atoms with Crippen LogP contribution in [0.5, 0.6) is 0 Å². The Morgan fingerprint density at radius 3 is 2.70 bits per heavy atom. The van der Waals surface area contributed by atoms with Gasteiger partial charge in [-0.3, -0.25) is 0 Å². The standard InChI is InChI=1S/C6H14N2O2/c1-4-9-5-3-8-10-6-2-7-1/h7-8H,1-6H2. The quantitative estimate of drug-likeness (QED) is 0.466. The number of ether oxygens (including phenoxy) is 1. The van der Waals surface area contributed by atoms with Gasteiger partial charge in [0.2, 0.25) is 0 Å². The van der Waals surface area contributed by atoms with E-state index in [1.807, 2.05) is 0 Å². The highest BCUT2D eigenvalue weighted by atomic mass is 16.6. The van der Waals surface area contributed by atoms with Crippen molar-refractivity contribution in [2.45, 2.75) is 0 Å². The molecule has 0 bridgehead atoms. The summed E-state index contributed by atoms with van der Waals surface area (Å²) < 4.78 is 5.20. The molecule has 0 aromatic heterocycles. The van der Waals surface area contributed by atoms with Crippen LogP contribution in [0.4, 0.5) is 0 Å². The predicted octanol–water partition coefficient (Wildman–Crippen LogP) is -0.873. The van der Waals surface area contributed by atoms with E-state index < -0.39 is 0 Å². The lowest BCUT2D eigenvalue weighted by Crippen LogP contribution is -2.31. The molecule has 1 aliphatic rings. The Hall–Kier alpha value is -0.160. The zero-order chi connectivity index (χ0) is 7.07. The molecule has 1 aliphatic heterocycles. The van der Waals surface area contributed by atoms with Crippen molar-refractivity contribution in [2.24, 2.45) is 0 Å². The molecule has 0 spiro atoms. The molecule has 10 heavy (non-hydrogen) atoms. The molecule has 1 rings (SSSR count). The Morgan fingerprint density at radius 1 is 0.900 bits per heavy atom. The second-order valence-electron chi connectivity index (χ2n) is 2.11. The maximum Gasteiger partial charge on any atom is 0.0806 e. The van der Waals surface area contributed by atoms with Gasteiger partial charge in [-0.15, -0.1) is 0 Å². The number of nitrogens with one attached hydrogen (secondary N) is 2. The second-order valence-corrected chi connectivity index (χ2v) is 2.11. The van der Waals surface area contributed by atoms with E-state index in [0.29, 0.717) is 0 Å². The lowest BCUT2D eigenvalue weighted by Gasteiger charge is -2.10. The van der Waals surface area contributed by atoms with Crippen LogP contribution in [0.2, 0.25) is 0 Å². The Labute approximate surface area is 60.8 Å². The maximum atomic E-state index is 5.20. The summed E-state index contributed by atoms with van der Waals surface area (Å²) in [5.41, 5.74) is 2.79. The molecule has 0 saturated carbocycles. The summed E-state index contributed by atoms with van der Waals surface area (Å²) in [4.78, 5) is 5.02. The van der Waals surface area contributed by atoms with Crippen molar-refractivity contribution < 1.29 is 9.57 Å². The van der Waals surface area contributed by atoms with Crippen LogP contribution in [0, 0.1) is 0 Å². The molecule has 0 atom stereocenters. The van der Waals surface area contributed by atoms with Crippen LogP contribution in [0.25, 0.3) is 0 Å². The molecular weight excluding hydrogens is 132 g/mol. The van der Waals surface area contributed by atoms with Crippen molar-refractivity contribution in [1.29, 1.82) is 0 Å². The molecule has 2 N–H and O–H groups in total. The molecule has 4 nitrogen and oxygen atoms in total. The summed E-state index contributed by atoms with van der Waals surface area (Å²) in [6.45, 7) is 4.82. The zero-order valence-electron chi connectivity index (χ0n) is 6.06. The molecule has 1 saturated heterocycles. The minimum Gasteiger partial charge on any atom is -0.379 e. The third-order valence-electron chi connectivity index (χ3n) is 1.25. The van der Waals surface area contributed by atoms with E-state index >= 15 is 0 Å². The molecule has 0 aromatic carbocycles. The summed E-state index contributed by atoms with van der Waals surface area (Å²) in [5, 5.41) is 3.16. The molecule has 1 fully saturated rings. The molecule has 1 heterocycles. The van der Waals surface area contributed by atoms with Crippen LogP contribution < -0.4 is 10.8 Å². The second kappa shape index (κ2) is 5.61. The van der Waals surface area contributed by atoms with E-state index in [2.05, 4.69) is 10.8 Å². The highest BCUT2D eigenvalue weighted by Crippen LogP contribution is 1.75. The van der Waals surface area contributed by atoms with E-state index in [1.165, 1.54) is 0 Å². The first-order valence-electron chi connectivity index (χ1n) is 3.63. The normalized spacial score (nSPS) is 24.0. The summed E-state index contributed by atoms with van der Waals surface area (Å²) in [7, 11) is 0. The Balaban J connectivity index is 2.00. The first kappa shape index (κ1) is 7.94. The highest BCUT2D eigenvalue weighted by Gasteiger charge is 1.93. The van der Waals surface area contributed by atoms with Crippen molar-refractivity contribution >= 4 is 0 Å². The van der Waals surface area contributed by atoms with Gasteiger partial charge in [-0.1, -0.05) is 0 Å². The van der Waals surface area contributed by atoms with Crippen LogP contribution in [0.15, 0.2) is 0 Å². The van der Waals surface area contributed by atoms with E-state index in [9.17, 15) is 0 Å². The fourth-order valence-corrected chi connectivity index (χ4v) is 0.753. The van der Waals surface area contributed by atoms with Gasteiger partial charge in [-0.2, -0.15) is 0 Å². The molecule has 0 amide bonds. The highest BCUT2D eigenvalue weighted by molar-refractivity contribution is 4.46. The monoisotopic (exact) mass is 146 g/mol. The largest absolute Gasteiger partial charge is 0.379 e.